The van der Waals surface area contributed by atoms with Crippen molar-refractivity contribution in [1.82, 2.24) is 15.1 Å². The lowest BCUT2D eigenvalue weighted by molar-refractivity contribution is 0.221. The summed E-state index contributed by atoms with van der Waals surface area (Å²) in [5.74, 6) is 0. The molecule has 78 valence electrons. The SMILES string of the molecule is CCN(Cc1ccc(Cl)nn1)C(C)C. The zero-order valence-electron chi connectivity index (χ0n) is 8.87. The minimum Gasteiger partial charge on any atom is -0.295 e. The summed E-state index contributed by atoms with van der Waals surface area (Å²) in [6.07, 6.45) is 0. The lowest BCUT2D eigenvalue weighted by Crippen LogP contribution is -2.30. The van der Waals surface area contributed by atoms with Gasteiger partial charge in [0.2, 0.25) is 0 Å². The Kier molecular flexibility index (Phi) is 4.29. The number of aromatic nitrogens is 2. The van der Waals surface area contributed by atoms with E-state index >= 15 is 0 Å². The molecule has 4 heteroatoms. The van der Waals surface area contributed by atoms with Gasteiger partial charge in [-0.3, -0.25) is 4.90 Å². The minimum atomic E-state index is 0.446. The number of hydrogen-bond donors (Lipinski definition) is 0. The molecule has 1 heterocycles. The Morgan fingerprint density at radius 2 is 2.07 bits per heavy atom. The van der Waals surface area contributed by atoms with Crippen molar-refractivity contribution in [3.8, 4) is 0 Å². The van der Waals surface area contributed by atoms with Gasteiger partial charge >= 0.3 is 0 Å². The summed E-state index contributed by atoms with van der Waals surface area (Å²) in [5.41, 5.74) is 0.963. The average molecular weight is 214 g/mol. The van der Waals surface area contributed by atoms with Crippen molar-refractivity contribution in [3.05, 3.63) is 23.0 Å². The molecule has 1 rings (SSSR count). The maximum atomic E-state index is 5.66. The van der Waals surface area contributed by atoms with E-state index in [0.29, 0.717) is 11.2 Å². The van der Waals surface area contributed by atoms with Crippen molar-refractivity contribution < 1.29 is 0 Å². The maximum absolute atomic E-state index is 5.66. The Morgan fingerprint density at radius 1 is 1.36 bits per heavy atom. The fraction of sp³-hybridized carbons (Fsp3) is 0.600. The number of hydrogen-bond acceptors (Lipinski definition) is 3. The maximum Gasteiger partial charge on any atom is 0.151 e. The van der Waals surface area contributed by atoms with Crippen LogP contribution in [0.1, 0.15) is 26.5 Å². The van der Waals surface area contributed by atoms with E-state index in [0.717, 1.165) is 18.8 Å². The molecule has 14 heavy (non-hydrogen) atoms. The molecular formula is C10H16ClN3. The number of halogens is 1. The van der Waals surface area contributed by atoms with Gasteiger partial charge < -0.3 is 0 Å². The van der Waals surface area contributed by atoms with E-state index in [1.165, 1.54) is 0 Å². The van der Waals surface area contributed by atoms with E-state index in [1.54, 1.807) is 6.07 Å². The molecule has 0 atom stereocenters. The van der Waals surface area contributed by atoms with Crippen LogP contribution in [0.4, 0.5) is 0 Å². The lowest BCUT2D eigenvalue weighted by atomic mass is 10.3. The molecule has 0 radical (unpaired) electrons. The Labute approximate surface area is 90.1 Å². The predicted molar refractivity (Wildman–Crippen MR) is 58.3 cm³/mol. The van der Waals surface area contributed by atoms with E-state index in [2.05, 4.69) is 35.9 Å². The molecule has 0 aliphatic carbocycles. The van der Waals surface area contributed by atoms with Crippen LogP contribution in [-0.4, -0.2) is 27.7 Å². The van der Waals surface area contributed by atoms with Crippen molar-refractivity contribution >= 4 is 11.6 Å². The molecule has 0 N–H and O–H groups in total. The molecule has 1 aromatic rings. The van der Waals surface area contributed by atoms with Gasteiger partial charge in [0.25, 0.3) is 0 Å². The molecule has 0 aliphatic rings. The third-order valence-corrected chi connectivity index (χ3v) is 2.39. The quantitative estimate of drug-likeness (QED) is 0.769. The van der Waals surface area contributed by atoms with Crippen LogP contribution in [-0.2, 0) is 6.54 Å². The molecule has 0 amide bonds. The summed E-state index contributed by atoms with van der Waals surface area (Å²) in [6.45, 7) is 8.34. The van der Waals surface area contributed by atoms with Crippen LogP contribution in [0, 0.1) is 0 Å². The van der Waals surface area contributed by atoms with Gasteiger partial charge in [-0.15, -0.1) is 5.10 Å². The van der Waals surface area contributed by atoms with Crippen molar-refractivity contribution in [1.29, 1.82) is 0 Å². The topological polar surface area (TPSA) is 29.0 Å². The van der Waals surface area contributed by atoms with Gasteiger partial charge in [0.15, 0.2) is 5.15 Å². The highest BCUT2D eigenvalue weighted by Gasteiger charge is 2.08. The minimum absolute atomic E-state index is 0.446. The molecule has 0 fully saturated rings. The first-order chi connectivity index (χ1) is 6.63. The van der Waals surface area contributed by atoms with E-state index in [9.17, 15) is 0 Å². The van der Waals surface area contributed by atoms with Crippen LogP contribution in [0.25, 0.3) is 0 Å². The zero-order chi connectivity index (χ0) is 10.6. The molecule has 0 bridgehead atoms. The Balaban J connectivity index is 2.63. The van der Waals surface area contributed by atoms with Crippen LogP contribution < -0.4 is 0 Å². The van der Waals surface area contributed by atoms with Crippen molar-refractivity contribution in [2.45, 2.75) is 33.4 Å². The summed E-state index contributed by atoms with van der Waals surface area (Å²) >= 11 is 5.66. The van der Waals surface area contributed by atoms with Crippen LogP contribution in [0.5, 0.6) is 0 Å². The smallest absolute Gasteiger partial charge is 0.151 e. The normalized spacial score (nSPS) is 11.3. The second-order valence-corrected chi connectivity index (χ2v) is 3.89. The Morgan fingerprint density at radius 3 is 2.50 bits per heavy atom. The number of nitrogens with zero attached hydrogens (tertiary/aromatic N) is 3. The molecule has 0 unspecified atom stereocenters. The van der Waals surface area contributed by atoms with Crippen LogP contribution in [0.3, 0.4) is 0 Å². The molecule has 1 aromatic heterocycles. The summed E-state index contributed by atoms with van der Waals surface area (Å²) < 4.78 is 0. The van der Waals surface area contributed by atoms with Gasteiger partial charge in [-0.2, -0.15) is 5.10 Å². The predicted octanol–water partition coefficient (Wildman–Crippen LogP) is 2.36. The van der Waals surface area contributed by atoms with Gasteiger partial charge in [-0.1, -0.05) is 18.5 Å². The zero-order valence-corrected chi connectivity index (χ0v) is 9.62. The summed E-state index contributed by atoms with van der Waals surface area (Å²) in [4.78, 5) is 2.32. The van der Waals surface area contributed by atoms with E-state index in [4.69, 9.17) is 11.6 Å². The molecule has 0 spiro atoms. The first-order valence-corrected chi connectivity index (χ1v) is 5.23. The van der Waals surface area contributed by atoms with Gasteiger partial charge in [-0.05, 0) is 32.5 Å². The molecule has 3 nitrogen and oxygen atoms in total. The summed E-state index contributed by atoms with van der Waals surface area (Å²) in [6, 6.07) is 4.22. The molecule has 0 saturated carbocycles. The van der Waals surface area contributed by atoms with Gasteiger partial charge in [-0.25, -0.2) is 0 Å². The van der Waals surface area contributed by atoms with Gasteiger partial charge in [0.1, 0.15) is 0 Å². The van der Waals surface area contributed by atoms with Crippen LogP contribution in [0.15, 0.2) is 12.1 Å². The fourth-order valence-corrected chi connectivity index (χ4v) is 1.40. The standard InChI is InChI=1S/C10H16ClN3/c1-4-14(8(2)3)7-9-5-6-10(11)13-12-9/h5-6,8H,4,7H2,1-3H3. The Hall–Kier alpha value is -0.670. The van der Waals surface area contributed by atoms with E-state index in [-0.39, 0.29) is 0 Å². The molecule has 0 aromatic carbocycles. The first kappa shape index (κ1) is 11.4. The van der Waals surface area contributed by atoms with E-state index in [1.807, 2.05) is 6.07 Å². The van der Waals surface area contributed by atoms with Gasteiger partial charge in [0, 0.05) is 12.6 Å². The summed E-state index contributed by atoms with van der Waals surface area (Å²) in [7, 11) is 0. The van der Waals surface area contributed by atoms with Crippen LogP contribution in [0.2, 0.25) is 5.15 Å². The summed E-state index contributed by atoms with van der Waals surface area (Å²) in [5, 5.41) is 8.29. The highest BCUT2D eigenvalue weighted by molar-refractivity contribution is 6.29. The Bertz CT molecular complexity index is 271. The molecular weight excluding hydrogens is 198 g/mol. The van der Waals surface area contributed by atoms with Crippen LogP contribution >= 0.6 is 11.6 Å². The van der Waals surface area contributed by atoms with Crippen molar-refractivity contribution in [3.63, 3.8) is 0 Å². The first-order valence-electron chi connectivity index (χ1n) is 4.85. The highest BCUT2D eigenvalue weighted by Crippen LogP contribution is 2.07. The molecule has 0 aliphatic heterocycles. The largest absolute Gasteiger partial charge is 0.295 e. The van der Waals surface area contributed by atoms with Crippen molar-refractivity contribution in [2.75, 3.05) is 6.54 Å². The lowest BCUT2D eigenvalue weighted by Gasteiger charge is -2.23. The number of rotatable bonds is 4. The van der Waals surface area contributed by atoms with Gasteiger partial charge in [0.05, 0.1) is 5.69 Å². The fourth-order valence-electron chi connectivity index (χ4n) is 1.30. The van der Waals surface area contributed by atoms with Crippen molar-refractivity contribution in [2.24, 2.45) is 0 Å². The third-order valence-electron chi connectivity index (χ3n) is 2.19. The second-order valence-electron chi connectivity index (χ2n) is 3.50. The second kappa shape index (κ2) is 5.27. The highest BCUT2D eigenvalue weighted by atomic mass is 35.5. The third kappa shape index (κ3) is 3.24. The monoisotopic (exact) mass is 213 g/mol. The average Bonchev–Trinajstić information content (AvgIpc) is 2.16. The molecule has 0 saturated heterocycles. The van der Waals surface area contributed by atoms with E-state index < -0.39 is 0 Å².